The van der Waals surface area contributed by atoms with Gasteiger partial charge in [0.1, 0.15) is 18.2 Å². The van der Waals surface area contributed by atoms with E-state index in [2.05, 4.69) is 25.4 Å². The van der Waals surface area contributed by atoms with Gasteiger partial charge in [-0.3, -0.25) is 9.48 Å². The van der Waals surface area contributed by atoms with Crippen molar-refractivity contribution in [3.8, 4) is 27.9 Å². The molecule has 0 aliphatic rings. The molecule has 5 aromatic rings. The first-order valence-corrected chi connectivity index (χ1v) is 12.5. The van der Waals surface area contributed by atoms with Crippen molar-refractivity contribution < 1.29 is 31.8 Å². The van der Waals surface area contributed by atoms with E-state index in [0.29, 0.717) is 15.9 Å². The van der Waals surface area contributed by atoms with E-state index in [1.54, 1.807) is 0 Å². The fourth-order valence-electron chi connectivity index (χ4n) is 4.41. The highest BCUT2D eigenvalue weighted by Crippen LogP contribution is 2.34. The van der Waals surface area contributed by atoms with Crippen molar-refractivity contribution in [3.63, 3.8) is 0 Å². The zero-order valence-corrected chi connectivity index (χ0v) is 22.0. The number of tetrazole rings is 1. The molecule has 2 aromatic carbocycles. The number of alkyl halides is 2. The zero-order chi connectivity index (χ0) is 30.0. The van der Waals surface area contributed by atoms with E-state index in [9.17, 15) is 23.2 Å². The average molecular weight is 603 g/mol. The number of carbonyl (C=O) groups is 1. The molecule has 42 heavy (non-hydrogen) atoms. The Hall–Kier alpha value is -4.89. The summed E-state index contributed by atoms with van der Waals surface area (Å²) in [4.78, 5) is 11.4. The van der Waals surface area contributed by atoms with Crippen molar-refractivity contribution in [1.29, 1.82) is 0 Å². The van der Waals surface area contributed by atoms with Gasteiger partial charge in [0, 0.05) is 24.2 Å². The van der Waals surface area contributed by atoms with Crippen LogP contribution in [0.15, 0.2) is 67.4 Å². The van der Waals surface area contributed by atoms with Crippen LogP contribution >= 0.6 is 11.6 Å². The second-order valence-corrected chi connectivity index (χ2v) is 9.29. The molecule has 1 amide bonds. The molecule has 16 heteroatoms. The van der Waals surface area contributed by atoms with Crippen LogP contribution in [0, 0.1) is 16.8 Å². The van der Waals surface area contributed by atoms with Crippen molar-refractivity contribution in [2.75, 3.05) is 6.61 Å². The Morgan fingerprint density at radius 2 is 1.90 bits per heavy atom. The normalized spacial score (nSPS) is 12.1. The standard InChI is InChI=1S/C26H19ClF4N8O3/c27-18-4-6-22(38-13-33-35-36-38)23(24(18)29)15-2-5-21(39(41)12-15)20(7-8-42-26(30)31)37-11-16(10-34-37)14-1-3-17(25(32)40)19(28)9-14/h1-6,9-13,20,26H,7-8H2,(H2,32,40)/t20-/m0/s1. The molecule has 0 saturated carbocycles. The first-order valence-electron chi connectivity index (χ1n) is 12.1. The van der Waals surface area contributed by atoms with Crippen LogP contribution < -0.4 is 10.5 Å². The van der Waals surface area contributed by atoms with Gasteiger partial charge < -0.3 is 15.7 Å². The number of hydrogen-bond acceptors (Lipinski definition) is 7. The topological polar surface area (TPSA) is 141 Å². The van der Waals surface area contributed by atoms with E-state index in [1.165, 1.54) is 64.5 Å². The minimum absolute atomic E-state index is 0.0497. The van der Waals surface area contributed by atoms with E-state index in [0.717, 1.165) is 12.3 Å². The van der Waals surface area contributed by atoms with Crippen LogP contribution in [0.5, 0.6) is 0 Å². The van der Waals surface area contributed by atoms with Crippen LogP contribution in [-0.2, 0) is 4.74 Å². The number of hydrogen-bond donors (Lipinski definition) is 1. The van der Waals surface area contributed by atoms with Gasteiger partial charge in [-0.1, -0.05) is 17.7 Å². The predicted molar refractivity (Wildman–Crippen MR) is 139 cm³/mol. The van der Waals surface area contributed by atoms with Gasteiger partial charge >= 0.3 is 6.61 Å². The van der Waals surface area contributed by atoms with Crippen LogP contribution in [0.1, 0.15) is 28.5 Å². The lowest BCUT2D eigenvalue weighted by Gasteiger charge is -2.18. The predicted octanol–water partition coefficient (Wildman–Crippen LogP) is 4.08. The maximum Gasteiger partial charge on any atom is 0.345 e. The third kappa shape index (κ3) is 5.77. The number of amides is 1. The number of nitrogens with zero attached hydrogens (tertiary/aromatic N) is 7. The lowest BCUT2D eigenvalue weighted by molar-refractivity contribution is -0.615. The first-order chi connectivity index (χ1) is 20.1. The largest absolute Gasteiger partial charge is 0.618 e. The number of aromatic nitrogens is 7. The summed E-state index contributed by atoms with van der Waals surface area (Å²) in [5.74, 6) is -2.58. The van der Waals surface area contributed by atoms with E-state index in [-0.39, 0.29) is 39.5 Å². The Morgan fingerprint density at radius 3 is 2.57 bits per heavy atom. The lowest BCUT2D eigenvalue weighted by Crippen LogP contribution is -2.36. The number of nitrogens with two attached hydrogens (primary N) is 1. The second kappa shape index (κ2) is 11.9. The molecule has 0 unspecified atom stereocenters. The van der Waals surface area contributed by atoms with Gasteiger partial charge in [0.15, 0.2) is 12.0 Å². The van der Waals surface area contributed by atoms with Gasteiger partial charge in [-0.2, -0.15) is 23.3 Å². The molecular weight excluding hydrogens is 584 g/mol. The molecule has 0 aliphatic carbocycles. The summed E-state index contributed by atoms with van der Waals surface area (Å²) in [5, 5.41) is 28.3. The maximum absolute atomic E-state index is 15.2. The van der Waals surface area contributed by atoms with Gasteiger partial charge in [-0.15, -0.1) is 5.10 Å². The third-order valence-electron chi connectivity index (χ3n) is 6.37. The van der Waals surface area contributed by atoms with E-state index in [4.69, 9.17) is 17.3 Å². The second-order valence-electron chi connectivity index (χ2n) is 8.88. The molecule has 0 fully saturated rings. The zero-order valence-electron chi connectivity index (χ0n) is 21.2. The minimum atomic E-state index is -3.04. The summed E-state index contributed by atoms with van der Waals surface area (Å²) >= 11 is 6.01. The van der Waals surface area contributed by atoms with Crippen LogP contribution in [-0.4, -0.2) is 49.1 Å². The molecule has 11 nitrogen and oxygen atoms in total. The Morgan fingerprint density at radius 1 is 1.12 bits per heavy atom. The first kappa shape index (κ1) is 28.6. The van der Waals surface area contributed by atoms with E-state index < -0.39 is 36.8 Å². The summed E-state index contributed by atoms with van der Waals surface area (Å²) in [6, 6.07) is 8.50. The number of pyridine rings is 1. The van der Waals surface area contributed by atoms with Crippen LogP contribution in [0.4, 0.5) is 17.6 Å². The molecule has 0 radical (unpaired) electrons. The van der Waals surface area contributed by atoms with E-state index in [1.807, 2.05) is 0 Å². The Kier molecular flexibility index (Phi) is 8.13. The van der Waals surface area contributed by atoms with Crippen molar-refractivity contribution in [1.82, 2.24) is 30.0 Å². The summed E-state index contributed by atoms with van der Waals surface area (Å²) in [6.07, 6.45) is 5.09. The van der Waals surface area contributed by atoms with Gasteiger partial charge in [-0.05, 0) is 46.3 Å². The summed E-state index contributed by atoms with van der Waals surface area (Å²) < 4.78 is 62.5. The fourth-order valence-corrected chi connectivity index (χ4v) is 4.57. The number of benzene rings is 2. The maximum atomic E-state index is 15.2. The number of halogens is 5. The number of carbonyl (C=O) groups excluding carboxylic acids is 1. The molecule has 0 bridgehead atoms. The van der Waals surface area contributed by atoms with Gasteiger partial charge in [0.25, 0.3) is 5.91 Å². The highest BCUT2D eigenvalue weighted by molar-refractivity contribution is 6.31. The lowest BCUT2D eigenvalue weighted by atomic mass is 10.0. The van der Waals surface area contributed by atoms with Crippen molar-refractivity contribution in [3.05, 3.63) is 101 Å². The van der Waals surface area contributed by atoms with Gasteiger partial charge in [0.2, 0.25) is 5.69 Å². The molecule has 0 saturated heterocycles. The van der Waals surface area contributed by atoms with Crippen molar-refractivity contribution in [2.45, 2.75) is 19.1 Å². The van der Waals surface area contributed by atoms with Gasteiger partial charge in [0.05, 0.1) is 40.2 Å². The Labute approximate surface area is 239 Å². The summed E-state index contributed by atoms with van der Waals surface area (Å²) in [6.45, 7) is -3.48. The molecule has 3 heterocycles. The minimum Gasteiger partial charge on any atom is -0.618 e. The average Bonchev–Trinajstić information content (AvgIpc) is 3.66. The molecule has 3 aromatic heterocycles. The summed E-state index contributed by atoms with van der Waals surface area (Å²) in [5.41, 5.74) is 5.98. The SMILES string of the molecule is NC(=O)c1ccc(-c2cnn([C@@H](CCOC(F)F)c3ccc(-c4c(-n5cnnn5)ccc(Cl)c4F)c[n+]3[O-])c2)cc1F. The monoisotopic (exact) mass is 602 g/mol. The molecule has 2 N–H and O–H groups in total. The Balaban J connectivity index is 1.53. The van der Waals surface area contributed by atoms with Crippen LogP contribution in [0.2, 0.25) is 5.02 Å². The van der Waals surface area contributed by atoms with Crippen molar-refractivity contribution >= 4 is 17.5 Å². The highest BCUT2D eigenvalue weighted by atomic mass is 35.5. The van der Waals surface area contributed by atoms with Crippen LogP contribution in [0.25, 0.3) is 27.9 Å². The van der Waals surface area contributed by atoms with E-state index >= 15 is 4.39 Å². The fraction of sp³-hybridized carbons (Fsp3) is 0.154. The molecular formula is C26H19ClF4N8O3. The number of rotatable bonds is 10. The van der Waals surface area contributed by atoms with Crippen LogP contribution in [0.3, 0.4) is 0 Å². The highest BCUT2D eigenvalue weighted by Gasteiger charge is 2.26. The van der Waals surface area contributed by atoms with Crippen molar-refractivity contribution in [2.24, 2.45) is 5.73 Å². The molecule has 1 atom stereocenters. The molecule has 0 aliphatic heterocycles. The smallest absolute Gasteiger partial charge is 0.345 e. The number of primary amides is 1. The molecule has 0 spiro atoms. The quantitative estimate of drug-likeness (QED) is 0.144. The Bertz CT molecular complexity index is 1750. The third-order valence-corrected chi connectivity index (χ3v) is 6.66. The molecule has 216 valence electrons. The number of ether oxygens (including phenoxy) is 1. The summed E-state index contributed by atoms with van der Waals surface area (Å²) in [7, 11) is 0. The molecule has 5 rings (SSSR count). The van der Waals surface area contributed by atoms with Gasteiger partial charge in [-0.25, -0.2) is 8.78 Å².